The van der Waals surface area contributed by atoms with Crippen LogP contribution in [-0.4, -0.2) is 30.2 Å². The number of imidazole rings is 1. The summed E-state index contributed by atoms with van der Waals surface area (Å²) in [4.78, 5) is 45.8. The first-order valence-corrected chi connectivity index (χ1v) is 11.2. The maximum Gasteiger partial charge on any atom is 0.339 e. The molecular formula is C24H28N4O4. The first-order chi connectivity index (χ1) is 15.5. The number of rotatable bonds is 7. The Morgan fingerprint density at radius 2 is 1.88 bits per heavy atom. The molecule has 8 heteroatoms. The van der Waals surface area contributed by atoms with E-state index in [1.54, 1.807) is 12.1 Å². The summed E-state index contributed by atoms with van der Waals surface area (Å²) in [6.45, 7) is 2.73. The standard InChI is InChI=1S/C24H28N4O4/c1-2-13-27-21-19(22(29)28(24(27)32)15-17-11-7-4-8-12-17)25-20(26-21)18(23(30)31)14-16-9-5-3-6-10-16/h3,5-6,9-10,14,17H,2,4,7-8,11-13,15H2,1H3,(H,25,26)(H,30,31). The molecule has 0 unspecified atom stereocenters. The van der Waals surface area contributed by atoms with Crippen LogP contribution in [0.2, 0.25) is 0 Å². The largest absolute Gasteiger partial charge is 0.478 e. The highest BCUT2D eigenvalue weighted by Crippen LogP contribution is 2.24. The zero-order valence-corrected chi connectivity index (χ0v) is 18.2. The van der Waals surface area contributed by atoms with Crippen LogP contribution in [0.4, 0.5) is 0 Å². The first-order valence-electron chi connectivity index (χ1n) is 11.2. The van der Waals surface area contributed by atoms with Gasteiger partial charge in [-0.1, -0.05) is 56.5 Å². The Morgan fingerprint density at radius 3 is 2.53 bits per heavy atom. The molecule has 32 heavy (non-hydrogen) atoms. The molecule has 168 valence electrons. The van der Waals surface area contributed by atoms with Crippen molar-refractivity contribution in [1.82, 2.24) is 19.1 Å². The van der Waals surface area contributed by atoms with Gasteiger partial charge in [0.2, 0.25) is 0 Å². The van der Waals surface area contributed by atoms with Gasteiger partial charge < -0.3 is 10.1 Å². The minimum absolute atomic E-state index is 0.0631. The number of benzene rings is 1. The SMILES string of the molecule is CCCn1c(=O)n(CC2CCCCC2)c(=O)c2[nH]c(C(=Cc3ccccc3)C(=O)O)nc21. The summed E-state index contributed by atoms with van der Waals surface area (Å²) in [5.41, 5.74) is 0.191. The van der Waals surface area contributed by atoms with E-state index in [4.69, 9.17) is 0 Å². The van der Waals surface area contributed by atoms with E-state index < -0.39 is 11.5 Å². The van der Waals surface area contributed by atoms with Gasteiger partial charge in [0.25, 0.3) is 5.56 Å². The molecule has 2 N–H and O–H groups in total. The van der Waals surface area contributed by atoms with Crippen molar-refractivity contribution in [3.05, 3.63) is 62.6 Å². The highest BCUT2D eigenvalue weighted by atomic mass is 16.4. The molecule has 0 bridgehead atoms. The summed E-state index contributed by atoms with van der Waals surface area (Å²) in [5, 5.41) is 9.80. The summed E-state index contributed by atoms with van der Waals surface area (Å²) in [6.07, 6.45) is 7.63. The van der Waals surface area contributed by atoms with E-state index in [2.05, 4.69) is 9.97 Å². The summed E-state index contributed by atoms with van der Waals surface area (Å²) < 4.78 is 2.79. The molecule has 0 amide bonds. The molecule has 0 radical (unpaired) electrons. The van der Waals surface area contributed by atoms with Crippen LogP contribution in [0, 0.1) is 5.92 Å². The molecule has 0 aliphatic heterocycles. The van der Waals surface area contributed by atoms with Crippen LogP contribution >= 0.6 is 0 Å². The third-order valence-corrected chi connectivity index (χ3v) is 6.07. The van der Waals surface area contributed by atoms with Gasteiger partial charge in [0.05, 0.1) is 0 Å². The van der Waals surface area contributed by atoms with E-state index in [0.29, 0.717) is 31.0 Å². The quantitative estimate of drug-likeness (QED) is 0.551. The fourth-order valence-corrected chi connectivity index (χ4v) is 4.46. The van der Waals surface area contributed by atoms with Crippen molar-refractivity contribution in [2.24, 2.45) is 5.92 Å². The summed E-state index contributed by atoms with van der Waals surface area (Å²) in [6, 6.07) is 9.04. The van der Waals surface area contributed by atoms with Gasteiger partial charge in [-0.2, -0.15) is 0 Å². The number of hydrogen-bond acceptors (Lipinski definition) is 4. The van der Waals surface area contributed by atoms with Crippen LogP contribution in [0.1, 0.15) is 56.8 Å². The number of carboxylic acid groups (broad SMARTS) is 1. The van der Waals surface area contributed by atoms with Gasteiger partial charge in [-0.05, 0) is 36.8 Å². The molecule has 0 spiro atoms. The number of carboxylic acids is 1. The van der Waals surface area contributed by atoms with Crippen LogP contribution in [0.5, 0.6) is 0 Å². The number of hydrogen-bond donors (Lipinski definition) is 2. The molecule has 1 aliphatic carbocycles. The zero-order chi connectivity index (χ0) is 22.7. The third kappa shape index (κ3) is 4.30. The van der Waals surface area contributed by atoms with Crippen LogP contribution in [-0.2, 0) is 17.9 Å². The second-order valence-electron chi connectivity index (χ2n) is 8.41. The fourth-order valence-electron chi connectivity index (χ4n) is 4.46. The highest BCUT2D eigenvalue weighted by Gasteiger charge is 2.23. The Bertz CT molecular complexity index is 1260. The molecule has 1 saturated carbocycles. The first kappa shape index (κ1) is 21.8. The molecule has 0 saturated heterocycles. The van der Waals surface area contributed by atoms with Gasteiger partial charge in [-0.3, -0.25) is 13.9 Å². The van der Waals surface area contributed by atoms with Crippen LogP contribution < -0.4 is 11.2 Å². The molecule has 2 heterocycles. The Balaban J connectivity index is 1.86. The van der Waals surface area contributed by atoms with Gasteiger partial charge in [0, 0.05) is 13.1 Å². The molecule has 8 nitrogen and oxygen atoms in total. The number of H-pyrrole nitrogens is 1. The molecule has 1 aliphatic rings. The average Bonchev–Trinajstić information content (AvgIpc) is 3.24. The molecule has 2 aromatic heterocycles. The molecule has 1 aromatic carbocycles. The zero-order valence-electron chi connectivity index (χ0n) is 18.2. The Morgan fingerprint density at radius 1 is 1.16 bits per heavy atom. The second-order valence-corrected chi connectivity index (χ2v) is 8.41. The topological polar surface area (TPSA) is 110 Å². The molecular weight excluding hydrogens is 408 g/mol. The van der Waals surface area contributed by atoms with Gasteiger partial charge in [0.1, 0.15) is 16.9 Å². The normalized spacial score (nSPS) is 15.3. The number of aliphatic carboxylic acids is 1. The second kappa shape index (κ2) is 9.38. The third-order valence-electron chi connectivity index (χ3n) is 6.07. The number of aryl methyl sites for hydroxylation is 1. The van der Waals surface area contributed by atoms with Crippen LogP contribution in [0.25, 0.3) is 22.8 Å². The van der Waals surface area contributed by atoms with Crippen molar-refractivity contribution < 1.29 is 9.90 Å². The van der Waals surface area contributed by atoms with Crippen molar-refractivity contribution in [3.63, 3.8) is 0 Å². The predicted octanol–water partition coefficient (Wildman–Crippen LogP) is 3.50. The smallest absolute Gasteiger partial charge is 0.339 e. The fraction of sp³-hybridized carbons (Fsp3) is 0.417. The summed E-state index contributed by atoms with van der Waals surface area (Å²) in [7, 11) is 0. The van der Waals surface area contributed by atoms with Crippen molar-refractivity contribution in [1.29, 1.82) is 0 Å². The number of aromatic nitrogens is 4. The van der Waals surface area contributed by atoms with Crippen molar-refractivity contribution in [3.8, 4) is 0 Å². The lowest BCUT2D eigenvalue weighted by atomic mass is 9.89. The maximum atomic E-state index is 13.3. The predicted molar refractivity (Wildman–Crippen MR) is 123 cm³/mol. The van der Waals surface area contributed by atoms with Crippen molar-refractivity contribution in [2.75, 3.05) is 0 Å². The molecule has 3 aromatic rings. The van der Waals surface area contributed by atoms with E-state index in [9.17, 15) is 19.5 Å². The Hall–Kier alpha value is -3.42. The Labute approximate surface area is 185 Å². The lowest BCUT2D eigenvalue weighted by Crippen LogP contribution is -2.41. The van der Waals surface area contributed by atoms with Crippen LogP contribution in [0.15, 0.2) is 39.9 Å². The van der Waals surface area contributed by atoms with Crippen LogP contribution in [0.3, 0.4) is 0 Å². The van der Waals surface area contributed by atoms with E-state index in [0.717, 1.165) is 25.7 Å². The van der Waals surface area contributed by atoms with Crippen molar-refractivity contribution >= 4 is 28.8 Å². The van der Waals surface area contributed by atoms with E-state index in [1.807, 2.05) is 25.1 Å². The van der Waals surface area contributed by atoms with Gasteiger partial charge in [0.15, 0.2) is 5.65 Å². The summed E-state index contributed by atoms with van der Waals surface area (Å²) >= 11 is 0. The number of aromatic amines is 1. The lowest BCUT2D eigenvalue weighted by Gasteiger charge is -2.22. The number of carbonyl (C=O) groups is 1. The van der Waals surface area contributed by atoms with Gasteiger partial charge in [-0.25, -0.2) is 14.6 Å². The number of nitrogens with one attached hydrogen (secondary N) is 1. The minimum atomic E-state index is -1.17. The summed E-state index contributed by atoms with van der Waals surface area (Å²) in [5.74, 6) is -0.801. The number of fused-ring (bicyclic) bond motifs is 1. The highest BCUT2D eigenvalue weighted by molar-refractivity contribution is 6.19. The average molecular weight is 437 g/mol. The lowest BCUT2D eigenvalue weighted by molar-refractivity contribution is -0.130. The van der Waals surface area contributed by atoms with Gasteiger partial charge in [-0.15, -0.1) is 0 Å². The molecule has 4 rings (SSSR count). The van der Waals surface area contributed by atoms with E-state index in [1.165, 1.54) is 21.6 Å². The Kier molecular flexibility index (Phi) is 6.39. The molecule has 0 atom stereocenters. The molecule has 1 fully saturated rings. The monoisotopic (exact) mass is 436 g/mol. The van der Waals surface area contributed by atoms with Gasteiger partial charge >= 0.3 is 11.7 Å². The van der Waals surface area contributed by atoms with E-state index >= 15 is 0 Å². The van der Waals surface area contributed by atoms with Crippen molar-refractivity contribution in [2.45, 2.75) is 58.5 Å². The number of nitrogens with zero attached hydrogens (tertiary/aromatic N) is 3. The minimum Gasteiger partial charge on any atom is -0.478 e. The maximum absolute atomic E-state index is 13.3. The van der Waals surface area contributed by atoms with E-state index in [-0.39, 0.29) is 28.3 Å².